The lowest BCUT2D eigenvalue weighted by molar-refractivity contribution is 0.253. The number of unbranched alkanes of at least 4 members (excludes halogenated alkanes) is 1. The van der Waals surface area contributed by atoms with Crippen molar-refractivity contribution in [2.75, 3.05) is 49.5 Å². The van der Waals surface area contributed by atoms with Gasteiger partial charge in [-0.15, -0.1) is 0 Å². The average molecular weight is 435 g/mol. The highest BCUT2D eigenvalue weighted by Crippen LogP contribution is 2.32. The third kappa shape index (κ3) is 4.39. The van der Waals surface area contributed by atoms with Gasteiger partial charge >= 0.3 is 6.03 Å². The second-order valence-corrected chi connectivity index (χ2v) is 8.57. The molecule has 7 nitrogen and oxygen atoms in total. The standard InChI is InChI=1S/C25H30N4O3/c26-25(30)27-24-21(20-5-1-2-7-23(20)32-24)6-3-4-11-28-12-14-29(15-13-28)19-8-9-22-18(17-19)10-16-31-22/h1-2,5,7-9,17H,3-4,6,10-16H2,(H3,26,27,30). The van der Waals surface area contributed by atoms with Crippen LogP contribution in [0.5, 0.6) is 5.75 Å². The molecule has 0 aliphatic carbocycles. The van der Waals surface area contributed by atoms with E-state index in [0.717, 1.165) is 87.3 Å². The quantitative estimate of drug-likeness (QED) is 0.549. The maximum atomic E-state index is 11.4. The number of amides is 2. The highest BCUT2D eigenvalue weighted by molar-refractivity contribution is 5.93. The number of nitrogens with zero attached hydrogens (tertiary/aromatic N) is 2. The van der Waals surface area contributed by atoms with Gasteiger partial charge in [0.15, 0.2) is 0 Å². The molecule has 168 valence electrons. The van der Waals surface area contributed by atoms with E-state index in [1.54, 1.807) is 0 Å². The van der Waals surface area contributed by atoms with Gasteiger partial charge < -0.3 is 19.8 Å². The molecule has 3 N–H and O–H groups in total. The van der Waals surface area contributed by atoms with Crippen molar-refractivity contribution in [2.24, 2.45) is 5.73 Å². The maximum Gasteiger partial charge on any atom is 0.318 e. The molecule has 0 atom stereocenters. The summed E-state index contributed by atoms with van der Waals surface area (Å²) in [6.45, 7) is 6.16. The van der Waals surface area contributed by atoms with Gasteiger partial charge in [-0.2, -0.15) is 0 Å². The fourth-order valence-electron chi connectivity index (χ4n) is 4.80. The first-order valence-corrected chi connectivity index (χ1v) is 11.5. The predicted molar refractivity (Wildman–Crippen MR) is 127 cm³/mol. The van der Waals surface area contributed by atoms with Gasteiger partial charge in [0.2, 0.25) is 5.88 Å². The molecule has 0 spiro atoms. The highest BCUT2D eigenvalue weighted by Gasteiger charge is 2.20. The van der Waals surface area contributed by atoms with Crippen LogP contribution in [0.2, 0.25) is 0 Å². The first-order valence-electron chi connectivity index (χ1n) is 11.5. The molecule has 1 aromatic heterocycles. The average Bonchev–Trinajstić information content (AvgIpc) is 3.40. The summed E-state index contributed by atoms with van der Waals surface area (Å²) >= 11 is 0. The molecule has 3 aromatic rings. The van der Waals surface area contributed by atoms with Crippen LogP contribution in [-0.2, 0) is 12.8 Å². The van der Waals surface area contributed by atoms with Crippen LogP contribution in [0.3, 0.4) is 0 Å². The summed E-state index contributed by atoms with van der Waals surface area (Å²) in [5.74, 6) is 1.53. The number of fused-ring (bicyclic) bond motifs is 2. The Morgan fingerprint density at radius 2 is 1.91 bits per heavy atom. The molecular weight excluding hydrogens is 404 g/mol. The number of para-hydroxylation sites is 1. The summed E-state index contributed by atoms with van der Waals surface area (Å²) in [5.41, 5.74) is 9.78. The Hall–Kier alpha value is -3.19. The summed E-state index contributed by atoms with van der Waals surface area (Å²) in [5, 5.41) is 3.68. The first-order chi connectivity index (χ1) is 15.7. The second kappa shape index (κ2) is 9.12. The van der Waals surface area contributed by atoms with E-state index in [2.05, 4.69) is 33.3 Å². The van der Waals surface area contributed by atoms with E-state index in [1.165, 1.54) is 11.3 Å². The smallest absolute Gasteiger partial charge is 0.318 e. The molecule has 1 fully saturated rings. The SMILES string of the molecule is NC(=O)Nc1oc2ccccc2c1CCCCN1CCN(c2ccc3c(c2)CCO3)CC1. The van der Waals surface area contributed by atoms with Crippen LogP contribution in [0, 0.1) is 0 Å². The number of hydrogen-bond acceptors (Lipinski definition) is 5. The number of piperazine rings is 1. The lowest BCUT2D eigenvalue weighted by Crippen LogP contribution is -2.46. The van der Waals surface area contributed by atoms with Crippen LogP contribution in [0.4, 0.5) is 16.4 Å². The van der Waals surface area contributed by atoms with Crippen molar-refractivity contribution in [1.82, 2.24) is 4.90 Å². The molecule has 1 saturated heterocycles. The lowest BCUT2D eigenvalue weighted by atomic mass is 10.1. The Morgan fingerprint density at radius 1 is 1.06 bits per heavy atom. The molecule has 2 amide bonds. The number of anilines is 2. The van der Waals surface area contributed by atoms with Crippen molar-refractivity contribution < 1.29 is 13.9 Å². The summed E-state index contributed by atoms with van der Waals surface area (Å²) in [4.78, 5) is 16.4. The fraction of sp³-hybridized carbons (Fsp3) is 0.400. The van der Waals surface area contributed by atoms with Gasteiger partial charge in [-0.3, -0.25) is 10.2 Å². The van der Waals surface area contributed by atoms with Gasteiger partial charge in [-0.05, 0) is 55.6 Å². The van der Waals surface area contributed by atoms with E-state index in [-0.39, 0.29) is 0 Å². The predicted octanol–water partition coefficient (Wildman–Crippen LogP) is 4.00. The third-order valence-electron chi connectivity index (χ3n) is 6.50. The van der Waals surface area contributed by atoms with Gasteiger partial charge in [0.25, 0.3) is 0 Å². The zero-order valence-corrected chi connectivity index (χ0v) is 18.3. The van der Waals surface area contributed by atoms with Gasteiger partial charge in [-0.25, -0.2) is 4.79 Å². The molecule has 0 saturated carbocycles. The van der Waals surface area contributed by atoms with Crippen LogP contribution < -0.4 is 20.7 Å². The summed E-state index contributed by atoms with van der Waals surface area (Å²) in [6, 6.07) is 13.9. The molecule has 0 unspecified atom stereocenters. The number of ether oxygens (including phenoxy) is 1. The molecule has 32 heavy (non-hydrogen) atoms. The lowest BCUT2D eigenvalue weighted by Gasteiger charge is -2.36. The normalized spacial score (nSPS) is 16.2. The number of primary amides is 1. The maximum absolute atomic E-state index is 11.4. The largest absolute Gasteiger partial charge is 0.493 e. The Labute approximate surface area is 188 Å². The van der Waals surface area contributed by atoms with Crippen molar-refractivity contribution in [3.05, 3.63) is 53.6 Å². The van der Waals surface area contributed by atoms with Crippen LogP contribution >= 0.6 is 0 Å². The van der Waals surface area contributed by atoms with E-state index in [9.17, 15) is 4.79 Å². The van der Waals surface area contributed by atoms with E-state index in [4.69, 9.17) is 14.9 Å². The molecule has 0 bridgehead atoms. The van der Waals surface area contributed by atoms with Crippen LogP contribution in [0.15, 0.2) is 46.9 Å². The zero-order valence-electron chi connectivity index (χ0n) is 18.3. The second-order valence-electron chi connectivity index (χ2n) is 8.57. The topological polar surface area (TPSA) is 84.0 Å². The van der Waals surface area contributed by atoms with E-state index < -0.39 is 6.03 Å². The number of nitrogens with one attached hydrogen (secondary N) is 1. The van der Waals surface area contributed by atoms with Crippen LogP contribution in [0.25, 0.3) is 11.0 Å². The number of carbonyl (C=O) groups is 1. The third-order valence-corrected chi connectivity index (χ3v) is 6.50. The minimum absolute atomic E-state index is 0.479. The number of urea groups is 1. The Balaban J connectivity index is 1.11. The number of furan rings is 1. The molecule has 2 aliphatic rings. The van der Waals surface area contributed by atoms with Gasteiger partial charge in [0.05, 0.1) is 6.61 Å². The molecule has 0 radical (unpaired) electrons. The number of nitrogens with two attached hydrogens (primary N) is 1. The van der Waals surface area contributed by atoms with Gasteiger partial charge in [-0.1, -0.05) is 18.2 Å². The molecule has 5 rings (SSSR count). The number of aryl methyl sites for hydroxylation is 1. The summed E-state index contributed by atoms with van der Waals surface area (Å²) in [7, 11) is 0. The zero-order chi connectivity index (χ0) is 21.9. The molecule has 7 heteroatoms. The van der Waals surface area contributed by atoms with E-state index in [1.807, 2.05) is 24.3 Å². The molecule has 2 aromatic carbocycles. The van der Waals surface area contributed by atoms with Crippen molar-refractivity contribution in [3.63, 3.8) is 0 Å². The number of rotatable bonds is 7. The minimum atomic E-state index is -0.598. The van der Waals surface area contributed by atoms with Gasteiger partial charge in [0, 0.05) is 49.2 Å². The Bertz CT molecular complexity index is 1100. The van der Waals surface area contributed by atoms with E-state index >= 15 is 0 Å². The number of benzene rings is 2. The number of hydrogen-bond donors (Lipinski definition) is 2. The Kier molecular flexibility index (Phi) is 5.90. The molecule has 3 heterocycles. The van der Waals surface area contributed by atoms with Crippen LogP contribution in [-0.4, -0.2) is 50.3 Å². The van der Waals surface area contributed by atoms with Gasteiger partial charge in [0.1, 0.15) is 11.3 Å². The van der Waals surface area contributed by atoms with Crippen molar-refractivity contribution in [2.45, 2.75) is 25.7 Å². The Morgan fingerprint density at radius 3 is 2.75 bits per heavy atom. The fourth-order valence-corrected chi connectivity index (χ4v) is 4.80. The van der Waals surface area contributed by atoms with Crippen molar-refractivity contribution in [1.29, 1.82) is 0 Å². The summed E-state index contributed by atoms with van der Waals surface area (Å²) < 4.78 is 11.4. The highest BCUT2D eigenvalue weighted by atomic mass is 16.5. The molecule has 2 aliphatic heterocycles. The monoisotopic (exact) mass is 434 g/mol. The van der Waals surface area contributed by atoms with Crippen LogP contribution in [0.1, 0.15) is 24.0 Å². The molecular formula is C25H30N4O3. The number of carbonyl (C=O) groups excluding carboxylic acids is 1. The van der Waals surface area contributed by atoms with Crippen molar-refractivity contribution in [3.8, 4) is 5.75 Å². The minimum Gasteiger partial charge on any atom is -0.493 e. The summed E-state index contributed by atoms with van der Waals surface area (Å²) in [6.07, 6.45) is 4.00. The van der Waals surface area contributed by atoms with E-state index in [0.29, 0.717) is 5.88 Å². The van der Waals surface area contributed by atoms with Crippen molar-refractivity contribution >= 4 is 28.6 Å². The first kappa shape index (κ1) is 20.7.